The number of thiazole rings is 1. The van der Waals surface area contributed by atoms with Crippen molar-refractivity contribution < 1.29 is 14.1 Å². The Balaban J connectivity index is 1.69. The monoisotopic (exact) mass is 377 g/mol. The number of hydrogen-bond acceptors (Lipinski definition) is 6. The number of rotatable bonds is 5. The summed E-state index contributed by atoms with van der Waals surface area (Å²) in [7, 11) is 0. The van der Waals surface area contributed by atoms with Crippen molar-refractivity contribution in [2.45, 2.75) is 13.3 Å². The molecule has 0 bridgehead atoms. The molecule has 1 aromatic carbocycles. The lowest BCUT2D eigenvalue weighted by atomic mass is 10.1. The Morgan fingerprint density at radius 2 is 2.16 bits per heavy atom. The Morgan fingerprint density at radius 1 is 1.36 bits per heavy atom. The average molecular weight is 377 g/mol. The van der Waals surface area contributed by atoms with Crippen LogP contribution in [-0.4, -0.2) is 15.8 Å². The highest BCUT2D eigenvalue weighted by molar-refractivity contribution is 7.16. The third-order valence-electron chi connectivity index (χ3n) is 3.35. The summed E-state index contributed by atoms with van der Waals surface area (Å²) in [6.45, 7) is 1.60. The standard InChI is InChI=1S/C16H12FN3O3S2/c1-9-13(20(22)23)7-14(24-9)15(21)19-16-18-8-12(25-16)6-10-3-2-4-11(17)5-10/h2-5,7-8H,6H2,1H3,(H,18,19,21). The SMILES string of the molecule is Cc1sc(C(=O)Nc2ncc(Cc3cccc(F)c3)s2)cc1[N+](=O)[O-]. The number of aryl methyl sites for hydroxylation is 1. The van der Waals surface area contributed by atoms with Gasteiger partial charge in [0.15, 0.2) is 5.13 Å². The normalized spacial score (nSPS) is 10.6. The van der Waals surface area contributed by atoms with Gasteiger partial charge in [-0.3, -0.25) is 20.2 Å². The topological polar surface area (TPSA) is 85.1 Å². The molecular formula is C16H12FN3O3S2. The molecule has 0 unspecified atom stereocenters. The lowest BCUT2D eigenvalue weighted by Crippen LogP contribution is -2.09. The molecule has 0 atom stereocenters. The van der Waals surface area contributed by atoms with Gasteiger partial charge in [-0.2, -0.15) is 0 Å². The van der Waals surface area contributed by atoms with Gasteiger partial charge < -0.3 is 0 Å². The molecular weight excluding hydrogens is 365 g/mol. The molecule has 0 aliphatic rings. The van der Waals surface area contributed by atoms with E-state index >= 15 is 0 Å². The number of thiophene rings is 1. The van der Waals surface area contributed by atoms with Gasteiger partial charge in [-0.25, -0.2) is 9.37 Å². The molecule has 1 N–H and O–H groups in total. The van der Waals surface area contributed by atoms with Gasteiger partial charge >= 0.3 is 0 Å². The number of anilines is 1. The second-order valence-electron chi connectivity index (χ2n) is 5.20. The lowest BCUT2D eigenvalue weighted by molar-refractivity contribution is -0.385. The van der Waals surface area contributed by atoms with E-state index in [1.165, 1.54) is 29.5 Å². The minimum absolute atomic E-state index is 0.0684. The maximum Gasteiger partial charge on any atom is 0.283 e. The number of nitro groups is 1. The highest BCUT2D eigenvalue weighted by Crippen LogP contribution is 2.29. The first kappa shape index (κ1) is 17.2. The first-order valence-electron chi connectivity index (χ1n) is 7.17. The quantitative estimate of drug-likeness (QED) is 0.527. The van der Waals surface area contributed by atoms with E-state index < -0.39 is 10.8 Å². The van der Waals surface area contributed by atoms with E-state index in [0.717, 1.165) is 21.8 Å². The number of nitrogens with zero attached hydrogens (tertiary/aromatic N) is 2. The number of hydrogen-bond donors (Lipinski definition) is 1. The average Bonchev–Trinajstić information content (AvgIpc) is 3.14. The van der Waals surface area contributed by atoms with Gasteiger partial charge in [0.1, 0.15) is 5.82 Å². The summed E-state index contributed by atoms with van der Waals surface area (Å²) in [5.74, 6) is -0.738. The molecule has 3 rings (SSSR count). The summed E-state index contributed by atoms with van der Waals surface area (Å²) < 4.78 is 13.2. The molecule has 2 aromatic heterocycles. The van der Waals surface area contributed by atoms with Gasteiger partial charge in [0.2, 0.25) is 0 Å². The Labute approximate surface area is 150 Å². The van der Waals surface area contributed by atoms with Crippen molar-refractivity contribution in [2.75, 3.05) is 5.32 Å². The van der Waals surface area contributed by atoms with E-state index in [2.05, 4.69) is 10.3 Å². The number of amides is 1. The summed E-state index contributed by atoms with van der Waals surface area (Å²) in [6.07, 6.45) is 2.13. The van der Waals surface area contributed by atoms with Gasteiger partial charge in [-0.15, -0.1) is 22.7 Å². The minimum atomic E-state index is -0.511. The third kappa shape index (κ3) is 4.06. The summed E-state index contributed by atoms with van der Waals surface area (Å²) in [5, 5.41) is 13.9. The number of aromatic nitrogens is 1. The predicted octanol–water partition coefficient (Wildman–Crippen LogP) is 4.40. The Morgan fingerprint density at radius 3 is 2.84 bits per heavy atom. The summed E-state index contributed by atoms with van der Waals surface area (Å²) in [6, 6.07) is 7.54. The van der Waals surface area contributed by atoms with Crippen LogP contribution in [0.25, 0.3) is 0 Å². The fourth-order valence-corrected chi connectivity index (χ4v) is 3.94. The molecule has 0 fully saturated rings. The molecule has 9 heteroatoms. The van der Waals surface area contributed by atoms with Gasteiger partial charge in [-0.05, 0) is 24.6 Å². The van der Waals surface area contributed by atoms with Crippen molar-refractivity contribution in [3.8, 4) is 0 Å². The Hall–Kier alpha value is -2.65. The minimum Gasteiger partial charge on any atom is -0.297 e. The van der Waals surface area contributed by atoms with Crippen LogP contribution in [0.3, 0.4) is 0 Å². The third-order valence-corrected chi connectivity index (χ3v) is 5.30. The largest absolute Gasteiger partial charge is 0.297 e. The van der Waals surface area contributed by atoms with Gasteiger partial charge in [0, 0.05) is 23.6 Å². The highest BCUT2D eigenvalue weighted by Gasteiger charge is 2.20. The number of nitrogens with one attached hydrogen (secondary N) is 1. The number of benzene rings is 1. The number of halogens is 1. The summed E-state index contributed by atoms with van der Waals surface area (Å²) in [5.41, 5.74) is 0.743. The Kier molecular flexibility index (Phi) is 4.86. The van der Waals surface area contributed by atoms with Crippen molar-refractivity contribution in [3.63, 3.8) is 0 Å². The second-order valence-corrected chi connectivity index (χ2v) is 7.57. The van der Waals surface area contributed by atoms with Crippen LogP contribution in [0.2, 0.25) is 0 Å². The summed E-state index contributed by atoms with van der Waals surface area (Å²) in [4.78, 5) is 28.3. The molecule has 128 valence electrons. The number of carbonyl (C=O) groups is 1. The van der Waals surface area contributed by atoms with Crippen LogP contribution in [0, 0.1) is 22.9 Å². The fourth-order valence-electron chi connectivity index (χ4n) is 2.22. The first-order valence-corrected chi connectivity index (χ1v) is 8.81. The van der Waals surface area contributed by atoms with Gasteiger partial charge in [-0.1, -0.05) is 12.1 Å². The van der Waals surface area contributed by atoms with Crippen molar-refractivity contribution >= 4 is 39.4 Å². The smallest absolute Gasteiger partial charge is 0.283 e. The molecule has 0 aliphatic heterocycles. The van der Waals surface area contributed by atoms with E-state index in [4.69, 9.17) is 0 Å². The van der Waals surface area contributed by atoms with Crippen LogP contribution < -0.4 is 5.32 Å². The van der Waals surface area contributed by atoms with Crippen molar-refractivity contribution in [2.24, 2.45) is 0 Å². The number of carbonyl (C=O) groups excluding carboxylic acids is 1. The van der Waals surface area contributed by atoms with Crippen molar-refractivity contribution in [3.05, 3.63) is 72.7 Å². The lowest BCUT2D eigenvalue weighted by Gasteiger charge is -1.99. The van der Waals surface area contributed by atoms with Crippen molar-refractivity contribution in [1.29, 1.82) is 0 Å². The maximum atomic E-state index is 13.2. The van der Waals surface area contributed by atoms with E-state index in [9.17, 15) is 19.3 Å². The zero-order valence-electron chi connectivity index (χ0n) is 13.0. The molecule has 0 radical (unpaired) electrons. The zero-order chi connectivity index (χ0) is 18.0. The molecule has 6 nitrogen and oxygen atoms in total. The van der Waals surface area contributed by atoms with Gasteiger partial charge in [0.05, 0.1) is 14.7 Å². The van der Waals surface area contributed by atoms with E-state index in [-0.39, 0.29) is 16.4 Å². The molecule has 3 aromatic rings. The van der Waals surface area contributed by atoms with Crippen LogP contribution >= 0.6 is 22.7 Å². The molecule has 0 saturated heterocycles. The van der Waals surface area contributed by atoms with Crippen LogP contribution in [0.5, 0.6) is 0 Å². The molecule has 0 aliphatic carbocycles. The fraction of sp³-hybridized carbons (Fsp3) is 0.125. The van der Waals surface area contributed by atoms with Crippen LogP contribution in [-0.2, 0) is 6.42 Å². The van der Waals surface area contributed by atoms with E-state index in [1.807, 2.05) is 6.07 Å². The van der Waals surface area contributed by atoms with Gasteiger partial charge in [0.25, 0.3) is 11.6 Å². The van der Waals surface area contributed by atoms with Crippen molar-refractivity contribution in [1.82, 2.24) is 4.98 Å². The molecule has 0 spiro atoms. The first-order chi connectivity index (χ1) is 11.9. The molecule has 0 saturated carbocycles. The Bertz CT molecular complexity index is 952. The summed E-state index contributed by atoms with van der Waals surface area (Å²) >= 11 is 2.34. The second kappa shape index (κ2) is 7.08. The van der Waals surface area contributed by atoms with E-state index in [1.54, 1.807) is 19.2 Å². The van der Waals surface area contributed by atoms with Crippen LogP contribution in [0.4, 0.5) is 15.2 Å². The maximum absolute atomic E-state index is 13.2. The van der Waals surface area contributed by atoms with E-state index in [0.29, 0.717) is 16.4 Å². The van der Waals surface area contributed by atoms with Crippen LogP contribution in [0.15, 0.2) is 36.5 Å². The molecule has 2 heterocycles. The molecule has 1 amide bonds. The van der Waals surface area contributed by atoms with Crippen LogP contribution in [0.1, 0.15) is 25.0 Å². The molecule has 25 heavy (non-hydrogen) atoms. The predicted molar refractivity (Wildman–Crippen MR) is 95.0 cm³/mol. The zero-order valence-corrected chi connectivity index (χ0v) is 14.6. The highest BCUT2D eigenvalue weighted by atomic mass is 32.1.